The second-order valence-corrected chi connectivity index (χ2v) is 4.55. The van der Waals surface area contributed by atoms with Crippen molar-refractivity contribution in [3.63, 3.8) is 0 Å². The predicted octanol–water partition coefficient (Wildman–Crippen LogP) is 2.56. The van der Waals surface area contributed by atoms with E-state index in [1.54, 1.807) is 0 Å². The number of halogens is 3. The molecule has 0 fully saturated rings. The standard InChI is InChI=1S/C15H7F3N2O3/c16-7-1-2-12(11(18)4-7)23-15(22)10-6-20-14-9(13(10)21)3-8(17)5-19-14/h1-6H,(H,19,20,21). The van der Waals surface area contributed by atoms with Crippen LogP contribution in [0.5, 0.6) is 5.75 Å². The molecule has 8 heteroatoms. The van der Waals surface area contributed by atoms with E-state index in [9.17, 15) is 22.8 Å². The lowest BCUT2D eigenvalue weighted by atomic mass is 10.2. The number of hydrogen-bond acceptors (Lipinski definition) is 4. The average Bonchev–Trinajstić information content (AvgIpc) is 2.51. The number of pyridine rings is 2. The second kappa shape index (κ2) is 5.56. The Bertz CT molecular complexity index is 985. The summed E-state index contributed by atoms with van der Waals surface area (Å²) in [5.74, 6) is -4.38. The number of hydrogen-bond donors (Lipinski definition) is 1. The third kappa shape index (κ3) is 2.78. The largest absolute Gasteiger partial charge is 0.420 e. The first-order valence-electron chi connectivity index (χ1n) is 6.30. The van der Waals surface area contributed by atoms with Crippen molar-refractivity contribution >= 4 is 17.0 Å². The monoisotopic (exact) mass is 320 g/mol. The summed E-state index contributed by atoms with van der Waals surface area (Å²) < 4.78 is 44.2. The lowest BCUT2D eigenvalue weighted by Crippen LogP contribution is -2.21. The van der Waals surface area contributed by atoms with E-state index < -0.39 is 40.2 Å². The van der Waals surface area contributed by atoms with Gasteiger partial charge in [-0.25, -0.2) is 22.9 Å². The third-order valence-corrected chi connectivity index (χ3v) is 3.01. The average molecular weight is 320 g/mol. The summed E-state index contributed by atoms with van der Waals surface area (Å²) in [5, 5.41) is -0.154. The van der Waals surface area contributed by atoms with Crippen LogP contribution < -0.4 is 10.2 Å². The van der Waals surface area contributed by atoms with Crippen LogP contribution in [0.2, 0.25) is 0 Å². The SMILES string of the molecule is O=C(Oc1ccc(F)cc1F)c1c[nH]c2ncc(F)cc2c1=O. The fourth-order valence-corrected chi connectivity index (χ4v) is 1.94. The van der Waals surface area contributed by atoms with E-state index >= 15 is 0 Å². The van der Waals surface area contributed by atoms with Gasteiger partial charge in [-0.15, -0.1) is 0 Å². The molecule has 0 saturated carbocycles. The molecular formula is C15H7F3N2O3. The molecule has 0 unspecified atom stereocenters. The van der Waals surface area contributed by atoms with Gasteiger partial charge in [-0.05, 0) is 18.2 Å². The van der Waals surface area contributed by atoms with Crippen molar-refractivity contribution in [1.29, 1.82) is 0 Å². The van der Waals surface area contributed by atoms with Crippen molar-refractivity contribution in [3.8, 4) is 5.75 Å². The molecule has 5 nitrogen and oxygen atoms in total. The Balaban J connectivity index is 2.01. The Morgan fingerprint density at radius 1 is 1.13 bits per heavy atom. The highest BCUT2D eigenvalue weighted by Gasteiger charge is 2.18. The number of carbonyl (C=O) groups is 1. The van der Waals surface area contributed by atoms with E-state index in [-0.39, 0.29) is 11.0 Å². The number of esters is 1. The summed E-state index contributed by atoms with van der Waals surface area (Å²) >= 11 is 0. The molecule has 2 aromatic heterocycles. The maximum absolute atomic E-state index is 13.5. The molecule has 23 heavy (non-hydrogen) atoms. The molecule has 0 atom stereocenters. The molecule has 0 aliphatic heterocycles. The smallest absolute Gasteiger partial charge is 0.349 e. The summed E-state index contributed by atoms with van der Waals surface area (Å²) in [7, 11) is 0. The summed E-state index contributed by atoms with van der Waals surface area (Å²) in [5.41, 5.74) is -1.20. The minimum atomic E-state index is -1.16. The molecule has 2 heterocycles. The van der Waals surface area contributed by atoms with Crippen LogP contribution >= 0.6 is 0 Å². The summed E-state index contributed by atoms with van der Waals surface area (Å²) in [6, 6.07) is 3.26. The number of benzene rings is 1. The second-order valence-electron chi connectivity index (χ2n) is 4.55. The molecule has 0 radical (unpaired) electrons. The number of H-pyrrole nitrogens is 1. The maximum atomic E-state index is 13.5. The van der Waals surface area contributed by atoms with Gasteiger partial charge < -0.3 is 9.72 Å². The van der Waals surface area contributed by atoms with Crippen LogP contribution in [0.25, 0.3) is 11.0 Å². The van der Waals surface area contributed by atoms with Gasteiger partial charge >= 0.3 is 5.97 Å². The van der Waals surface area contributed by atoms with E-state index in [0.29, 0.717) is 6.07 Å². The van der Waals surface area contributed by atoms with Gasteiger partial charge in [-0.3, -0.25) is 4.79 Å². The first-order valence-corrected chi connectivity index (χ1v) is 6.30. The van der Waals surface area contributed by atoms with Crippen LogP contribution in [0.3, 0.4) is 0 Å². The first-order chi connectivity index (χ1) is 11.0. The Hall–Kier alpha value is -3.16. The van der Waals surface area contributed by atoms with Crippen LogP contribution in [0.4, 0.5) is 13.2 Å². The Morgan fingerprint density at radius 2 is 1.91 bits per heavy atom. The normalized spacial score (nSPS) is 10.7. The van der Waals surface area contributed by atoms with E-state index in [1.165, 1.54) is 0 Å². The zero-order chi connectivity index (χ0) is 16.6. The topological polar surface area (TPSA) is 72.1 Å². The van der Waals surface area contributed by atoms with E-state index in [2.05, 4.69) is 9.97 Å². The molecule has 0 saturated heterocycles. The number of ether oxygens (including phenoxy) is 1. The van der Waals surface area contributed by atoms with Gasteiger partial charge in [-0.1, -0.05) is 0 Å². The zero-order valence-electron chi connectivity index (χ0n) is 11.3. The fourth-order valence-electron chi connectivity index (χ4n) is 1.94. The van der Waals surface area contributed by atoms with Gasteiger partial charge in [0.2, 0.25) is 5.43 Å². The van der Waals surface area contributed by atoms with Crippen molar-refractivity contribution in [3.05, 3.63) is 69.9 Å². The fraction of sp³-hybridized carbons (Fsp3) is 0. The Labute approximate surface area is 126 Å². The van der Waals surface area contributed by atoms with Gasteiger partial charge in [0.15, 0.2) is 11.6 Å². The number of aromatic nitrogens is 2. The number of rotatable bonds is 2. The number of carbonyl (C=O) groups excluding carboxylic acids is 1. The molecule has 0 aliphatic rings. The lowest BCUT2D eigenvalue weighted by Gasteiger charge is -2.06. The molecule has 0 spiro atoms. The van der Waals surface area contributed by atoms with Crippen molar-refractivity contribution in [2.45, 2.75) is 0 Å². The Kier molecular flexibility index (Phi) is 3.57. The van der Waals surface area contributed by atoms with Crippen LogP contribution in [-0.4, -0.2) is 15.9 Å². The highest BCUT2D eigenvalue weighted by molar-refractivity contribution is 5.94. The quantitative estimate of drug-likeness (QED) is 0.582. The van der Waals surface area contributed by atoms with Gasteiger partial charge in [0.05, 0.1) is 11.6 Å². The molecule has 3 aromatic rings. The number of nitrogens with one attached hydrogen (secondary N) is 1. The van der Waals surface area contributed by atoms with Gasteiger partial charge in [-0.2, -0.15) is 0 Å². The van der Waals surface area contributed by atoms with Crippen molar-refractivity contribution in [2.75, 3.05) is 0 Å². The van der Waals surface area contributed by atoms with Crippen molar-refractivity contribution in [2.24, 2.45) is 0 Å². The molecule has 0 bridgehead atoms. The zero-order valence-corrected chi connectivity index (χ0v) is 11.3. The molecular weight excluding hydrogens is 313 g/mol. The van der Waals surface area contributed by atoms with E-state index in [1.807, 2.05) is 0 Å². The maximum Gasteiger partial charge on any atom is 0.349 e. The van der Waals surface area contributed by atoms with E-state index in [4.69, 9.17) is 4.74 Å². The van der Waals surface area contributed by atoms with Crippen LogP contribution in [-0.2, 0) is 0 Å². The summed E-state index contributed by atoms with van der Waals surface area (Å²) in [6.07, 6.45) is 1.93. The van der Waals surface area contributed by atoms with Crippen LogP contribution in [0.15, 0.2) is 41.5 Å². The van der Waals surface area contributed by atoms with Gasteiger partial charge in [0, 0.05) is 12.3 Å². The van der Waals surface area contributed by atoms with E-state index in [0.717, 1.165) is 30.6 Å². The van der Waals surface area contributed by atoms with Crippen molar-refractivity contribution < 1.29 is 22.7 Å². The number of fused-ring (bicyclic) bond motifs is 1. The number of nitrogens with zero attached hydrogens (tertiary/aromatic N) is 1. The lowest BCUT2D eigenvalue weighted by molar-refractivity contribution is 0.0726. The third-order valence-electron chi connectivity index (χ3n) is 3.01. The van der Waals surface area contributed by atoms with Crippen LogP contribution in [0, 0.1) is 17.5 Å². The van der Waals surface area contributed by atoms with Crippen LogP contribution in [0.1, 0.15) is 10.4 Å². The predicted molar refractivity (Wildman–Crippen MR) is 73.6 cm³/mol. The first kappa shape index (κ1) is 14.8. The highest BCUT2D eigenvalue weighted by Crippen LogP contribution is 2.18. The Morgan fingerprint density at radius 3 is 2.65 bits per heavy atom. The molecule has 0 amide bonds. The van der Waals surface area contributed by atoms with Crippen molar-refractivity contribution in [1.82, 2.24) is 9.97 Å². The molecule has 1 N–H and O–H groups in total. The molecule has 0 aliphatic carbocycles. The summed E-state index contributed by atoms with van der Waals surface area (Å²) in [4.78, 5) is 30.4. The minimum Gasteiger partial charge on any atom is -0.420 e. The van der Waals surface area contributed by atoms with Gasteiger partial charge in [0.1, 0.15) is 22.8 Å². The van der Waals surface area contributed by atoms with Gasteiger partial charge in [0.25, 0.3) is 0 Å². The molecule has 1 aromatic carbocycles. The highest BCUT2D eigenvalue weighted by atomic mass is 19.1. The minimum absolute atomic E-state index is 0.0842. The molecule has 116 valence electrons. The number of aromatic amines is 1. The summed E-state index contributed by atoms with van der Waals surface area (Å²) in [6.45, 7) is 0. The molecule has 3 rings (SSSR count).